The Morgan fingerprint density at radius 3 is 2.26 bits per heavy atom. The summed E-state index contributed by atoms with van der Waals surface area (Å²) in [5.41, 5.74) is 0. The van der Waals surface area contributed by atoms with Crippen molar-refractivity contribution in [2.45, 2.75) is 19.8 Å². The van der Waals surface area contributed by atoms with E-state index in [0.717, 1.165) is 12.2 Å². The van der Waals surface area contributed by atoms with E-state index in [0.29, 0.717) is 5.75 Å². The second-order valence-corrected chi connectivity index (χ2v) is 4.32. The van der Waals surface area contributed by atoms with Gasteiger partial charge in [0.05, 0.1) is 13.2 Å². The number of carbonyl (C=O) groups excluding carboxylic acids is 3. The lowest BCUT2D eigenvalue weighted by atomic mass is 10.3. The Kier molecular flexibility index (Phi) is 7.91. The first-order valence-corrected chi connectivity index (χ1v) is 7.02. The molecule has 23 heavy (non-hydrogen) atoms. The summed E-state index contributed by atoms with van der Waals surface area (Å²) in [6.07, 6.45) is 2.29. The van der Waals surface area contributed by atoms with Crippen LogP contribution in [-0.4, -0.2) is 36.2 Å². The van der Waals surface area contributed by atoms with Crippen LogP contribution in [0, 0.1) is 0 Å². The van der Waals surface area contributed by atoms with Crippen LogP contribution in [0.3, 0.4) is 0 Å². The predicted octanol–water partition coefficient (Wildman–Crippen LogP) is 1.74. The second kappa shape index (κ2) is 9.99. The summed E-state index contributed by atoms with van der Waals surface area (Å²) in [5.74, 6) is -1.39. The van der Waals surface area contributed by atoms with Crippen LogP contribution in [0.5, 0.6) is 11.5 Å². The highest BCUT2D eigenvalue weighted by atomic mass is 16.5. The van der Waals surface area contributed by atoms with E-state index in [2.05, 4.69) is 4.74 Å². The van der Waals surface area contributed by atoms with Crippen LogP contribution in [0.1, 0.15) is 19.8 Å². The average Bonchev–Trinajstić information content (AvgIpc) is 2.52. The molecular formula is C16H18O7. The van der Waals surface area contributed by atoms with E-state index in [9.17, 15) is 14.4 Å². The average molecular weight is 322 g/mol. The second-order valence-electron chi connectivity index (χ2n) is 4.32. The summed E-state index contributed by atoms with van der Waals surface area (Å²) in [7, 11) is 0. The van der Waals surface area contributed by atoms with Crippen molar-refractivity contribution in [2.75, 3.05) is 13.2 Å². The Balaban J connectivity index is 2.18. The lowest BCUT2D eigenvalue weighted by molar-refractivity contribution is -0.141. The molecule has 0 radical (unpaired) electrons. The van der Waals surface area contributed by atoms with Crippen molar-refractivity contribution >= 4 is 17.9 Å². The first-order chi connectivity index (χ1) is 11.0. The zero-order valence-corrected chi connectivity index (χ0v) is 12.7. The molecule has 7 nitrogen and oxygen atoms in total. The topological polar surface area (TPSA) is 99.1 Å². The molecule has 0 saturated heterocycles. The zero-order chi connectivity index (χ0) is 17.1. The molecule has 0 aliphatic heterocycles. The minimum atomic E-state index is -0.690. The lowest BCUT2D eigenvalue weighted by Gasteiger charge is -2.04. The van der Waals surface area contributed by atoms with Crippen molar-refractivity contribution in [3.8, 4) is 11.5 Å². The summed E-state index contributed by atoms with van der Waals surface area (Å²) in [6.45, 7) is 1.90. The number of carbonyl (C=O) groups is 3. The third-order valence-electron chi connectivity index (χ3n) is 2.48. The highest BCUT2D eigenvalue weighted by Crippen LogP contribution is 2.16. The number of phenolic OH excluding ortho intramolecular Hbond substituents is 1. The van der Waals surface area contributed by atoms with Crippen molar-refractivity contribution in [3.63, 3.8) is 0 Å². The summed E-state index contributed by atoms with van der Waals surface area (Å²) in [4.78, 5) is 33.8. The Labute approximate surface area is 133 Å². The molecule has 1 aromatic carbocycles. The molecule has 1 aromatic rings. The molecule has 1 rings (SSSR count). The SMILES string of the molecule is CCOC(=O)C=CC(=O)OCCCC(=O)Oc1ccc(O)cc1. The van der Waals surface area contributed by atoms with E-state index in [-0.39, 0.29) is 31.8 Å². The number of esters is 3. The monoisotopic (exact) mass is 322 g/mol. The van der Waals surface area contributed by atoms with Gasteiger partial charge in [0.2, 0.25) is 0 Å². The summed E-state index contributed by atoms with van der Waals surface area (Å²) in [5, 5.41) is 9.10. The van der Waals surface area contributed by atoms with Gasteiger partial charge in [0, 0.05) is 18.6 Å². The quantitative estimate of drug-likeness (QED) is 0.337. The van der Waals surface area contributed by atoms with Crippen molar-refractivity contribution < 1.29 is 33.7 Å². The Bertz CT molecular complexity index is 560. The molecular weight excluding hydrogens is 304 g/mol. The molecule has 0 atom stereocenters. The van der Waals surface area contributed by atoms with Gasteiger partial charge in [0.1, 0.15) is 11.5 Å². The molecule has 0 amide bonds. The van der Waals surface area contributed by atoms with Crippen molar-refractivity contribution in [1.82, 2.24) is 0 Å². The fourth-order valence-electron chi connectivity index (χ4n) is 1.46. The number of hydrogen-bond donors (Lipinski definition) is 1. The molecule has 0 saturated carbocycles. The standard InChI is InChI=1S/C16H18O7/c1-2-21-14(18)9-10-15(19)22-11-3-4-16(20)23-13-7-5-12(17)6-8-13/h5-10,17H,2-4,11H2,1H3. The number of ether oxygens (including phenoxy) is 3. The Hall–Kier alpha value is -2.83. The minimum absolute atomic E-state index is 0.0245. The van der Waals surface area contributed by atoms with E-state index in [1.54, 1.807) is 6.92 Å². The molecule has 0 fully saturated rings. The minimum Gasteiger partial charge on any atom is -0.508 e. The molecule has 0 aliphatic rings. The number of phenols is 1. The van der Waals surface area contributed by atoms with Gasteiger partial charge in [-0.2, -0.15) is 0 Å². The smallest absolute Gasteiger partial charge is 0.331 e. The normalized spacial score (nSPS) is 10.3. The zero-order valence-electron chi connectivity index (χ0n) is 12.7. The first kappa shape index (κ1) is 18.2. The molecule has 1 N–H and O–H groups in total. The van der Waals surface area contributed by atoms with Crippen molar-refractivity contribution in [2.24, 2.45) is 0 Å². The van der Waals surface area contributed by atoms with Gasteiger partial charge >= 0.3 is 17.9 Å². The van der Waals surface area contributed by atoms with Gasteiger partial charge in [-0.05, 0) is 37.6 Å². The number of benzene rings is 1. The molecule has 7 heteroatoms. The molecule has 124 valence electrons. The van der Waals surface area contributed by atoms with E-state index < -0.39 is 17.9 Å². The Morgan fingerprint density at radius 2 is 1.65 bits per heavy atom. The van der Waals surface area contributed by atoms with Crippen LogP contribution >= 0.6 is 0 Å². The summed E-state index contributed by atoms with van der Waals surface area (Å²) >= 11 is 0. The van der Waals surface area contributed by atoms with Gasteiger partial charge in [0.25, 0.3) is 0 Å². The van der Waals surface area contributed by atoms with E-state index in [1.165, 1.54) is 24.3 Å². The molecule has 0 heterocycles. The third-order valence-corrected chi connectivity index (χ3v) is 2.48. The lowest BCUT2D eigenvalue weighted by Crippen LogP contribution is -2.10. The molecule has 0 aliphatic carbocycles. The largest absolute Gasteiger partial charge is 0.508 e. The van der Waals surface area contributed by atoms with Crippen LogP contribution < -0.4 is 4.74 Å². The highest BCUT2D eigenvalue weighted by molar-refractivity contribution is 5.91. The first-order valence-electron chi connectivity index (χ1n) is 7.02. The van der Waals surface area contributed by atoms with Gasteiger partial charge in [-0.1, -0.05) is 0 Å². The molecule has 0 unspecified atom stereocenters. The number of aromatic hydroxyl groups is 1. The number of rotatable bonds is 8. The fraction of sp³-hybridized carbons (Fsp3) is 0.312. The van der Waals surface area contributed by atoms with Crippen LogP contribution in [0.25, 0.3) is 0 Å². The van der Waals surface area contributed by atoms with Gasteiger partial charge in [-0.15, -0.1) is 0 Å². The maximum absolute atomic E-state index is 11.5. The van der Waals surface area contributed by atoms with E-state index in [1.807, 2.05) is 0 Å². The highest BCUT2D eigenvalue weighted by Gasteiger charge is 2.06. The maximum atomic E-state index is 11.5. The Morgan fingerprint density at radius 1 is 1.04 bits per heavy atom. The number of hydrogen-bond acceptors (Lipinski definition) is 7. The van der Waals surface area contributed by atoms with Crippen LogP contribution in [0.2, 0.25) is 0 Å². The molecule has 0 aromatic heterocycles. The predicted molar refractivity (Wildman–Crippen MR) is 79.7 cm³/mol. The van der Waals surface area contributed by atoms with Gasteiger partial charge in [0.15, 0.2) is 0 Å². The summed E-state index contributed by atoms with van der Waals surface area (Å²) < 4.78 is 14.4. The third kappa shape index (κ3) is 8.25. The van der Waals surface area contributed by atoms with Crippen LogP contribution in [0.4, 0.5) is 0 Å². The van der Waals surface area contributed by atoms with Gasteiger partial charge in [-0.25, -0.2) is 9.59 Å². The van der Waals surface area contributed by atoms with Crippen LogP contribution in [0.15, 0.2) is 36.4 Å². The maximum Gasteiger partial charge on any atom is 0.331 e. The van der Waals surface area contributed by atoms with E-state index >= 15 is 0 Å². The van der Waals surface area contributed by atoms with Crippen molar-refractivity contribution in [3.05, 3.63) is 36.4 Å². The van der Waals surface area contributed by atoms with Gasteiger partial charge in [-0.3, -0.25) is 4.79 Å². The van der Waals surface area contributed by atoms with Crippen molar-refractivity contribution in [1.29, 1.82) is 0 Å². The van der Waals surface area contributed by atoms with Gasteiger partial charge < -0.3 is 19.3 Å². The fourth-order valence-corrected chi connectivity index (χ4v) is 1.46. The molecule has 0 bridgehead atoms. The summed E-state index contributed by atoms with van der Waals surface area (Å²) in [6, 6.07) is 5.74. The van der Waals surface area contributed by atoms with E-state index in [4.69, 9.17) is 14.6 Å². The van der Waals surface area contributed by atoms with Crippen LogP contribution in [-0.2, 0) is 23.9 Å². The molecule has 0 spiro atoms.